The van der Waals surface area contributed by atoms with Gasteiger partial charge in [-0.2, -0.15) is 0 Å². The number of anilines is 1. The average Bonchev–Trinajstić information content (AvgIpc) is 2.79. The van der Waals surface area contributed by atoms with Crippen LogP contribution in [0.5, 0.6) is 5.75 Å². The van der Waals surface area contributed by atoms with Crippen LogP contribution in [0.15, 0.2) is 78.4 Å². The molecule has 0 saturated carbocycles. The number of carbonyl (C=O) groups is 3. The molecule has 0 aromatic heterocycles. The van der Waals surface area contributed by atoms with E-state index in [1.807, 2.05) is 25.1 Å². The molecule has 33 heavy (non-hydrogen) atoms. The van der Waals surface area contributed by atoms with Crippen molar-refractivity contribution in [3.63, 3.8) is 0 Å². The molecule has 1 saturated heterocycles. The number of carbonyl (C=O) groups excluding carboxylic acids is 3. The maximum Gasteiger partial charge on any atom is 0.335 e. The average molecular weight is 444 g/mol. The summed E-state index contributed by atoms with van der Waals surface area (Å²) in [4.78, 5) is 38.7. The number of hydrogen-bond donors (Lipinski definition) is 1. The fourth-order valence-electron chi connectivity index (χ4n) is 3.53. The maximum atomic E-state index is 13.4. The van der Waals surface area contributed by atoms with Crippen molar-refractivity contribution < 1.29 is 23.5 Å². The first-order valence-electron chi connectivity index (χ1n) is 10.4. The highest BCUT2D eigenvalue weighted by molar-refractivity contribution is 6.39. The zero-order valence-electron chi connectivity index (χ0n) is 17.9. The number of amides is 4. The normalized spacial score (nSPS) is 15.0. The lowest BCUT2D eigenvalue weighted by atomic mass is 10.0. The quantitative estimate of drug-likeness (QED) is 0.449. The highest BCUT2D eigenvalue weighted by Gasteiger charge is 2.36. The number of benzene rings is 3. The second-order valence-corrected chi connectivity index (χ2v) is 7.43. The van der Waals surface area contributed by atoms with E-state index < -0.39 is 17.8 Å². The Balaban J connectivity index is 1.55. The molecule has 0 unspecified atom stereocenters. The number of urea groups is 1. The van der Waals surface area contributed by atoms with Gasteiger partial charge in [0.1, 0.15) is 17.1 Å². The van der Waals surface area contributed by atoms with E-state index in [-0.39, 0.29) is 11.4 Å². The van der Waals surface area contributed by atoms with Gasteiger partial charge in [0.15, 0.2) is 0 Å². The summed E-state index contributed by atoms with van der Waals surface area (Å²) in [5.74, 6) is -1.15. The van der Waals surface area contributed by atoms with Crippen LogP contribution in [-0.4, -0.2) is 24.5 Å². The minimum absolute atomic E-state index is 0.152. The number of halogens is 1. The standard InChI is InChI=1S/C26H21FN2O4/c1-2-33-22-12-10-21(11-13-22)29-25(31)23(24(30)28-26(29)32)16-18-8-6-17(7-9-18)14-19-4-3-5-20(27)15-19/h3-13,15-16H,2,14H2,1H3,(H,28,30,32)/b23-16+. The lowest BCUT2D eigenvalue weighted by Gasteiger charge is -2.26. The summed E-state index contributed by atoms with van der Waals surface area (Å²) in [6.07, 6.45) is 1.99. The summed E-state index contributed by atoms with van der Waals surface area (Å²) >= 11 is 0. The number of barbiturate groups is 1. The third-order valence-electron chi connectivity index (χ3n) is 5.10. The van der Waals surface area contributed by atoms with Crippen molar-refractivity contribution in [2.45, 2.75) is 13.3 Å². The number of nitrogens with zero attached hydrogens (tertiary/aromatic N) is 1. The monoisotopic (exact) mass is 444 g/mol. The fourth-order valence-corrected chi connectivity index (χ4v) is 3.53. The fraction of sp³-hybridized carbons (Fsp3) is 0.115. The minimum atomic E-state index is -0.809. The lowest BCUT2D eigenvalue weighted by molar-refractivity contribution is -0.122. The highest BCUT2D eigenvalue weighted by Crippen LogP contribution is 2.24. The number of hydrogen-bond acceptors (Lipinski definition) is 4. The van der Waals surface area contributed by atoms with Gasteiger partial charge in [-0.25, -0.2) is 14.1 Å². The first kappa shape index (κ1) is 22.0. The van der Waals surface area contributed by atoms with Crippen molar-refractivity contribution in [3.05, 3.63) is 101 Å². The summed E-state index contributed by atoms with van der Waals surface area (Å²) in [6, 6.07) is 19.2. The summed E-state index contributed by atoms with van der Waals surface area (Å²) in [7, 11) is 0. The van der Waals surface area contributed by atoms with Crippen molar-refractivity contribution in [3.8, 4) is 5.75 Å². The van der Waals surface area contributed by atoms with Crippen LogP contribution in [0, 0.1) is 5.82 Å². The van der Waals surface area contributed by atoms with E-state index in [9.17, 15) is 18.8 Å². The predicted octanol–water partition coefficient (Wildman–Crippen LogP) is 4.48. The van der Waals surface area contributed by atoms with Gasteiger partial charge in [-0.3, -0.25) is 14.9 Å². The van der Waals surface area contributed by atoms with Gasteiger partial charge in [-0.15, -0.1) is 0 Å². The van der Waals surface area contributed by atoms with E-state index in [2.05, 4.69) is 5.32 Å². The van der Waals surface area contributed by atoms with Gasteiger partial charge in [-0.05, 0) is 72.5 Å². The van der Waals surface area contributed by atoms with Gasteiger partial charge in [0.05, 0.1) is 12.3 Å². The Kier molecular flexibility index (Phi) is 6.31. The van der Waals surface area contributed by atoms with Gasteiger partial charge < -0.3 is 4.74 Å². The lowest BCUT2D eigenvalue weighted by Crippen LogP contribution is -2.54. The van der Waals surface area contributed by atoms with Crippen LogP contribution in [0.1, 0.15) is 23.6 Å². The van der Waals surface area contributed by atoms with Crippen LogP contribution in [0.25, 0.3) is 6.08 Å². The summed E-state index contributed by atoms with van der Waals surface area (Å²) in [6.45, 7) is 2.34. The Morgan fingerprint density at radius 3 is 2.33 bits per heavy atom. The second-order valence-electron chi connectivity index (χ2n) is 7.43. The molecule has 3 aromatic rings. The Morgan fingerprint density at radius 1 is 0.939 bits per heavy atom. The Morgan fingerprint density at radius 2 is 1.67 bits per heavy atom. The molecule has 1 fully saturated rings. The number of ether oxygens (including phenoxy) is 1. The summed E-state index contributed by atoms with van der Waals surface area (Å²) in [5, 5.41) is 2.21. The first-order chi connectivity index (χ1) is 15.9. The van der Waals surface area contributed by atoms with Crippen LogP contribution < -0.4 is 15.0 Å². The molecule has 3 aromatic carbocycles. The summed E-state index contributed by atoms with van der Waals surface area (Å²) < 4.78 is 18.8. The van der Waals surface area contributed by atoms with E-state index >= 15 is 0 Å². The molecule has 4 amide bonds. The van der Waals surface area contributed by atoms with Gasteiger partial charge in [0, 0.05) is 0 Å². The van der Waals surface area contributed by atoms with Gasteiger partial charge >= 0.3 is 6.03 Å². The van der Waals surface area contributed by atoms with Crippen LogP contribution in [0.3, 0.4) is 0 Å². The van der Waals surface area contributed by atoms with E-state index in [0.29, 0.717) is 30.0 Å². The molecule has 0 aliphatic carbocycles. The smallest absolute Gasteiger partial charge is 0.335 e. The van der Waals surface area contributed by atoms with Crippen molar-refractivity contribution in [1.82, 2.24) is 5.32 Å². The molecule has 6 nitrogen and oxygen atoms in total. The first-order valence-corrected chi connectivity index (χ1v) is 10.4. The third kappa shape index (κ3) is 4.98. The molecule has 1 heterocycles. The molecule has 1 aliphatic rings. The predicted molar refractivity (Wildman–Crippen MR) is 122 cm³/mol. The van der Waals surface area contributed by atoms with Crippen LogP contribution in [-0.2, 0) is 16.0 Å². The molecular weight excluding hydrogens is 423 g/mol. The largest absolute Gasteiger partial charge is 0.494 e. The van der Waals surface area contributed by atoms with Gasteiger partial charge in [0.25, 0.3) is 11.8 Å². The Labute approximate surface area is 190 Å². The molecule has 166 valence electrons. The number of imide groups is 2. The van der Waals surface area contributed by atoms with E-state index in [4.69, 9.17) is 4.74 Å². The van der Waals surface area contributed by atoms with Crippen molar-refractivity contribution >= 4 is 29.6 Å². The maximum absolute atomic E-state index is 13.4. The highest BCUT2D eigenvalue weighted by atomic mass is 19.1. The molecule has 0 spiro atoms. The minimum Gasteiger partial charge on any atom is -0.494 e. The van der Waals surface area contributed by atoms with Crippen LogP contribution in [0.4, 0.5) is 14.9 Å². The molecular formula is C26H21FN2O4. The SMILES string of the molecule is CCOc1ccc(N2C(=O)NC(=O)/C(=C\c3ccc(Cc4cccc(F)c4)cc3)C2=O)cc1. The van der Waals surface area contributed by atoms with Crippen LogP contribution in [0.2, 0.25) is 0 Å². The second kappa shape index (κ2) is 9.48. The third-order valence-corrected chi connectivity index (χ3v) is 5.10. The zero-order chi connectivity index (χ0) is 23.4. The van der Waals surface area contributed by atoms with E-state index in [1.165, 1.54) is 18.2 Å². The summed E-state index contributed by atoms with van der Waals surface area (Å²) in [5.41, 5.74) is 2.59. The Bertz CT molecular complexity index is 1230. The van der Waals surface area contributed by atoms with E-state index in [0.717, 1.165) is 16.0 Å². The molecule has 0 bridgehead atoms. The molecule has 1 N–H and O–H groups in total. The zero-order valence-corrected chi connectivity index (χ0v) is 17.9. The number of rotatable bonds is 6. The van der Waals surface area contributed by atoms with Gasteiger partial charge in [-0.1, -0.05) is 36.4 Å². The molecule has 4 rings (SSSR count). The Hall–Kier alpha value is -4.26. The molecule has 7 heteroatoms. The molecule has 0 radical (unpaired) electrons. The van der Waals surface area contributed by atoms with E-state index in [1.54, 1.807) is 42.5 Å². The van der Waals surface area contributed by atoms with Crippen molar-refractivity contribution in [2.24, 2.45) is 0 Å². The number of nitrogens with one attached hydrogen (secondary N) is 1. The van der Waals surface area contributed by atoms with Crippen molar-refractivity contribution in [2.75, 3.05) is 11.5 Å². The van der Waals surface area contributed by atoms with Crippen molar-refractivity contribution in [1.29, 1.82) is 0 Å². The van der Waals surface area contributed by atoms with Crippen LogP contribution >= 0.6 is 0 Å². The molecule has 1 aliphatic heterocycles. The molecule has 0 atom stereocenters. The van der Waals surface area contributed by atoms with Gasteiger partial charge in [0.2, 0.25) is 0 Å². The topological polar surface area (TPSA) is 75.7 Å².